The van der Waals surface area contributed by atoms with Gasteiger partial charge in [0.15, 0.2) is 6.61 Å². The van der Waals surface area contributed by atoms with Crippen molar-refractivity contribution in [3.8, 4) is 5.75 Å². The van der Waals surface area contributed by atoms with Gasteiger partial charge in [-0.15, -0.1) is 0 Å². The predicted octanol–water partition coefficient (Wildman–Crippen LogP) is 4.28. The highest BCUT2D eigenvalue weighted by atomic mass is 19.3. The number of aryl methyl sites for hydroxylation is 1. The summed E-state index contributed by atoms with van der Waals surface area (Å²) in [5.41, 5.74) is 1.09. The van der Waals surface area contributed by atoms with Crippen LogP contribution in [0, 0.1) is 0 Å². The second-order valence-electron chi connectivity index (χ2n) is 5.71. The third-order valence-electron chi connectivity index (χ3n) is 3.72. The number of hydrogen-bond acceptors (Lipinski definition) is 4. The Balaban J connectivity index is 2.03. The number of carboxylic acids is 1. The van der Waals surface area contributed by atoms with Gasteiger partial charge in [0, 0.05) is 6.20 Å². The van der Waals surface area contributed by atoms with Gasteiger partial charge >= 0.3 is 11.9 Å². The average Bonchev–Trinajstić information content (AvgIpc) is 2.67. The average molecular weight is 377 g/mol. The molecule has 0 amide bonds. The summed E-state index contributed by atoms with van der Waals surface area (Å²) in [4.78, 5) is 14.8. The monoisotopic (exact) mass is 377 g/mol. The second-order valence-corrected chi connectivity index (χ2v) is 5.71. The smallest absolute Gasteiger partial charge is 0.371 e. The van der Waals surface area contributed by atoms with Gasteiger partial charge in [-0.05, 0) is 48.7 Å². The van der Waals surface area contributed by atoms with E-state index >= 15 is 0 Å². The number of carboxylic acid groups (broad SMARTS) is 1. The number of benzene rings is 1. The Morgan fingerprint density at radius 2 is 1.89 bits per heavy atom. The molecule has 2 rings (SSSR count). The molecule has 0 atom stereocenters. The van der Waals surface area contributed by atoms with Crippen LogP contribution >= 0.6 is 0 Å². The minimum absolute atomic E-state index is 0.195. The van der Waals surface area contributed by atoms with Crippen LogP contribution in [0.4, 0.5) is 8.78 Å². The number of halogens is 2. The normalized spacial score (nSPS) is 11.9. The Bertz CT molecular complexity index is 787. The first-order valence-corrected chi connectivity index (χ1v) is 8.49. The van der Waals surface area contributed by atoms with Gasteiger partial charge in [-0.3, -0.25) is 4.98 Å². The molecule has 0 saturated carbocycles. The predicted molar refractivity (Wildman–Crippen MR) is 96.7 cm³/mol. The molecular formula is C20H21F2NO4. The summed E-state index contributed by atoms with van der Waals surface area (Å²) in [6.07, 6.45) is 3.51. The number of hydrogen-bond donors (Lipinski definition) is 1. The van der Waals surface area contributed by atoms with E-state index in [1.54, 1.807) is 25.1 Å². The lowest BCUT2D eigenvalue weighted by Crippen LogP contribution is -2.24. The van der Waals surface area contributed by atoms with Crippen LogP contribution in [0.2, 0.25) is 0 Å². The molecule has 7 heteroatoms. The van der Waals surface area contributed by atoms with E-state index in [2.05, 4.69) is 4.98 Å². The van der Waals surface area contributed by atoms with Crippen LogP contribution < -0.4 is 4.74 Å². The van der Waals surface area contributed by atoms with Crippen molar-refractivity contribution < 1.29 is 28.2 Å². The Morgan fingerprint density at radius 1 is 1.19 bits per heavy atom. The lowest BCUT2D eigenvalue weighted by Gasteiger charge is -2.17. The van der Waals surface area contributed by atoms with Gasteiger partial charge in [0.25, 0.3) is 0 Å². The molecule has 0 aliphatic rings. The number of aromatic nitrogens is 1. The van der Waals surface area contributed by atoms with Crippen LogP contribution in [-0.2, 0) is 21.9 Å². The van der Waals surface area contributed by atoms with E-state index in [-0.39, 0.29) is 23.8 Å². The van der Waals surface area contributed by atoms with Crippen LogP contribution in [0.3, 0.4) is 0 Å². The molecule has 0 spiro atoms. The molecule has 2 aromatic rings. The zero-order valence-corrected chi connectivity index (χ0v) is 15.1. The summed E-state index contributed by atoms with van der Waals surface area (Å²) in [5, 5.41) is 9.03. The quantitative estimate of drug-likeness (QED) is 0.522. The zero-order valence-electron chi connectivity index (χ0n) is 15.1. The summed E-state index contributed by atoms with van der Waals surface area (Å²) in [7, 11) is 0. The molecule has 5 nitrogen and oxygen atoms in total. The molecule has 0 saturated heterocycles. The number of alkyl halides is 2. The lowest BCUT2D eigenvalue weighted by molar-refractivity contribution is -0.136. The van der Waals surface area contributed by atoms with E-state index in [0.29, 0.717) is 5.56 Å². The van der Waals surface area contributed by atoms with Crippen LogP contribution in [0.5, 0.6) is 5.75 Å². The number of aliphatic carboxylic acids is 1. The summed E-state index contributed by atoms with van der Waals surface area (Å²) >= 11 is 0. The van der Waals surface area contributed by atoms with Gasteiger partial charge in [0.1, 0.15) is 11.4 Å². The van der Waals surface area contributed by atoms with Gasteiger partial charge in [-0.2, -0.15) is 8.78 Å². The number of pyridine rings is 1. The van der Waals surface area contributed by atoms with Crippen LogP contribution in [0.25, 0.3) is 6.08 Å². The molecule has 1 aromatic carbocycles. The van der Waals surface area contributed by atoms with E-state index in [1.165, 1.54) is 30.5 Å². The summed E-state index contributed by atoms with van der Waals surface area (Å²) in [6, 6.07) is 9.02. The Labute approximate surface area is 156 Å². The molecule has 1 N–H and O–H groups in total. The standard InChI is InChI=1S/C20H21F2NO4/c1-3-14-7-10-18(23-12-14)20(21,22)13-27-16-8-5-15(6-9-16)11-17(19(24)25)26-4-2/h5-12H,3-4,13H2,1-2H3,(H,24,25)/b17-11-. The highest BCUT2D eigenvalue weighted by molar-refractivity contribution is 5.89. The fourth-order valence-corrected chi connectivity index (χ4v) is 2.23. The van der Waals surface area contributed by atoms with Crippen molar-refractivity contribution in [2.24, 2.45) is 0 Å². The highest BCUT2D eigenvalue weighted by Gasteiger charge is 2.34. The van der Waals surface area contributed by atoms with E-state index in [9.17, 15) is 13.6 Å². The molecule has 0 aliphatic heterocycles. The summed E-state index contributed by atoms with van der Waals surface area (Å²) < 4.78 is 38.6. The first-order valence-electron chi connectivity index (χ1n) is 8.49. The van der Waals surface area contributed by atoms with Crippen molar-refractivity contribution in [1.29, 1.82) is 0 Å². The van der Waals surface area contributed by atoms with Crippen LogP contribution in [-0.4, -0.2) is 29.3 Å². The molecule has 0 unspecified atom stereocenters. The molecule has 0 fully saturated rings. The molecule has 144 valence electrons. The van der Waals surface area contributed by atoms with Gasteiger partial charge in [-0.1, -0.05) is 25.1 Å². The van der Waals surface area contributed by atoms with Crippen molar-refractivity contribution >= 4 is 12.0 Å². The first kappa shape index (κ1) is 20.4. The Kier molecular flexibility index (Phi) is 6.87. The molecular weight excluding hydrogens is 356 g/mol. The molecule has 0 radical (unpaired) electrons. The van der Waals surface area contributed by atoms with E-state index in [1.807, 2.05) is 6.92 Å². The highest BCUT2D eigenvalue weighted by Crippen LogP contribution is 2.28. The SMILES string of the molecule is CCO/C(=C\c1ccc(OCC(F)(F)c2ccc(CC)cn2)cc1)C(=O)O. The number of nitrogens with zero attached hydrogens (tertiary/aromatic N) is 1. The zero-order chi connectivity index (χ0) is 19.9. The first-order chi connectivity index (χ1) is 12.9. The third kappa shape index (κ3) is 5.77. The number of ether oxygens (including phenoxy) is 2. The van der Waals surface area contributed by atoms with Gasteiger partial charge in [-0.25, -0.2) is 4.79 Å². The fourth-order valence-electron chi connectivity index (χ4n) is 2.23. The minimum atomic E-state index is -3.23. The van der Waals surface area contributed by atoms with Crippen molar-refractivity contribution in [1.82, 2.24) is 4.98 Å². The van der Waals surface area contributed by atoms with Crippen molar-refractivity contribution in [2.45, 2.75) is 26.2 Å². The number of rotatable bonds is 9. The van der Waals surface area contributed by atoms with Crippen LogP contribution in [0.1, 0.15) is 30.7 Å². The van der Waals surface area contributed by atoms with E-state index in [0.717, 1.165) is 12.0 Å². The number of carbonyl (C=O) groups is 1. The molecule has 27 heavy (non-hydrogen) atoms. The minimum Gasteiger partial charge on any atom is -0.487 e. The fraction of sp³-hybridized carbons (Fsp3) is 0.300. The van der Waals surface area contributed by atoms with Gasteiger partial charge < -0.3 is 14.6 Å². The van der Waals surface area contributed by atoms with E-state index < -0.39 is 18.5 Å². The molecule has 1 heterocycles. The second kappa shape index (κ2) is 9.12. The summed E-state index contributed by atoms with van der Waals surface area (Å²) in [6.45, 7) is 2.98. The maximum Gasteiger partial charge on any atom is 0.371 e. The third-order valence-corrected chi connectivity index (χ3v) is 3.72. The van der Waals surface area contributed by atoms with Crippen LogP contribution in [0.15, 0.2) is 48.4 Å². The van der Waals surface area contributed by atoms with Gasteiger partial charge in [0.2, 0.25) is 5.76 Å². The maximum atomic E-state index is 14.2. The Hall–Kier alpha value is -2.96. The maximum absolute atomic E-state index is 14.2. The van der Waals surface area contributed by atoms with Crippen molar-refractivity contribution in [3.63, 3.8) is 0 Å². The molecule has 0 bridgehead atoms. The lowest BCUT2D eigenvalue weighted by atomic mass is 10.1. The van der Waals surface area contributed by atoms with E-state index in [4.69, 9.17) is 14.6 Å². The Morgan fingerprint density at radius 3 is 2.41 bits per heavy atom. The molecule has 1 aromatic heterocycles. The van der Waals surface area contributed by atoms with Gasteiger partial charge in [0.05, 0.1) is 6.61 Å². The largest absolute Gasteiger partial charge is 0.487 e. The van der Waals surface area contributed by atoms with Crippen molar-refractivity contribution in [2.75, 3.05) is 13.2 Å². The molecule has 0 aliphatic carbocycles. The topological polar surface area (TPSA) is 68.7 Å². The summed E-state index contributed by atoms with van der Waals surface area (Å²) in [5.74, 6) is -4.36. The van der Waals surface area contributed by atoms with Crippen molar-refractivity contribution in [3.05, 3.63) is 65.2 Å².